The Morgan fingerprint density at radius 3 is 2.60 bits per heavy atom. The first-order chi connectivity index (χ1) is 4.70. The highest BCUT2D eigenvalue weighted by Gasteiger charge is 2.05. The molecule has 0 amide bonds. The lowest BCUT2D eigenvalue weighted by Crippen LogP contribution is -2.00. The van der Waals surface area contributed by atoms with Gasteiger partial charge in [0, 0.05) is 6.42 Å². The summed E-state index contributed by atoms with van der Waals surface area (Å²) in [6, 6.07) is 0. The summed E-state index contributed by atoms with van der Waals surface area (Å²) in [6.45, 7) is 4.49. The van der Waals surface area contributed by atoms with Crippen LogP contribution < -0.4 is 0 Å². The average molecular weight is 199 g/mol. The first kappa shape index (κ1) is 10.3. The third-order valence-corrected chi connectivity index (χ3v) is 1.66. The fourth-order valence-corrected chi connectivity index (χ4v) is 1.36. The first-order valence-corrected chi connectivity index (χ1v) is 6.25. The number of ether oxygens (including phenoxy) is 1. The highest BCUT2D eigenvalue weighted by atomic mass is 35.7. The molecule has 0 saturated carbocycles. The van der Waals surface area contributed by atoms with E-state index in [-0.39, 0.29) is 0 Å². The molecule has 0 saturated heterocycles. The summed E-state index contributed by atoms with van der Waals surface area (Å²) < 4.78 is 9.04. The summed E-state index contributed by atoms with van der Waals surface area (Å²) in [4.78, 5) is 0. The second-order valence-corrected chi connectivity index (χ2v) is 4.76. The minimum Gasteiger partial charge on any atom is -0.478 e. The van der Waals surface area contributed by atoms with Crippen LogP contribution in [0.1, 0.15) is 20.3 Å². The molecular formula is C5H10ClNOPS+. The van der Waals surface area contributed by atoms with Gasteiger partial charge in [0.2, 0.25) is 28.9 Å². The maximum Gasteiger partial charge on any atom is 0.441 e. The third-order valence-electron chi connectivity index (χ3n) is 0.804. The van der Waals surface area contributed by atoms with Crippen molar-refractivity contribution in [2.45, 2.75) is 20.3 Å². The van der Waals surface area contributed by atoms with Crippen molar-refractivity contribution in [1.82, 2.24) is 0 Å². The Balaban J connectivity index is 3.91. The number of rotatable bonds is 3. The average Bonchev–Trinajstić information content (AvgIpc) is 1.86. The van der Waals surface area contributed by atoms with E-state index >= 15 is 0 Å². The molecule has 0 aliphatic carbocycles. The topological polar surface area (TPSA) is 21.6 Å². The van der Waals surface area contributed by atoms with Crippen molar-refractivity contribution in [3.63, 3.8) is 0 Å². The third kappa shape index (κ3) is 5.10. The summed E-state index contributed by atoms with van der Waals surface area (Å²) in [5.74, 6) is 0.665. The molecule has 0 fully saturated rings. The van der Waals surface area contributed by atoms with Gasteiger partial charge in [0.15, 0.2) is 0 Å². The van der Waals surface area contributed by atoms with Gasteiger partial charge in [0.05, 0.1) is 6.61 Å². The van der Waals surface area contributed by atoms with Gasteiger partial charge in [-0.15, -0.1) is 0 Å². The van der Waals surface area contributed by atoms with E-state index in [1.807, 2.05) is 13.8 Å². The van der Waals surface area contributed by atoms with E-state index in [0.717, 1.165) is 6.42 Å². The van der Waals surface area contributed by atoms with Crippen molar-refractivity contribution in [1.29, 1.82) is 0 Å². The standard InChI is InChI=1S/C5H10ClNOPS/c1-3-5(8-4-2)7-9(6)10/h3-4H2,1-2H3/q+1. The van der Waals surface area contributed by atoms with Crippen LogP contribution in [-0.4, -0.2) is 12.5 Å². The van der Waals surface area contributed by atoms with Gasteiger partial charge in [-0.3, -0.25) is 0 Å². The molecule has 0 aromatic carbocycles. The van der Waals surface area contributed by atoms with Crippen LogP contribution in [0.15, 0.2) is 4.76 Å². The van der Waals surface area contributed by atoms with Crippen LogP contribution in [0.25, 0.3) is 0 Å². The van der Waals surface area contributed by atoms with E-state index in [4.69, 9.17) is 27.8 Å². The van der Waals surface area contributed by atoms with Crippen molar-refractivity contribution < 1.29 is 4.74 Å². The molecule has 0 aliphatic heterocycles. The zero-order chi connectivity index (χ0) is 7.98. The Morgan fingerprint density at radius 1 is 1.70 bits per heavy atom. The molecule has 0 radical (unpaired) electrons. The highest BCUT2D eigenvalue weighted by Crippen LogP contribution is 2.28. The lowest BCUT2D eigenvalue weighted by molar-refractivity contribution is 0.320. The van der Waals surface area contributed by atoms with Gasteiger partial charge < -0.3 is 4.74 Å². The molecule has 0 N–H and O–H groups in total. The van der Waals surface area contributed by atoms with E-state index in [1.54, 1.807) is 0 Å². The van der Waals surface area contributed by atoms with Crippen LogP contribution in [0, 0.1) is 0 Å². The normalized spacial score (nSPS) is 13.1. The minimum atomic E-state index is -1.14. The molecule has 1 atom stereocenters. The van der Waals surface area contributed by atoms with Crippen molar-refractivity contribution in [2.24, 2.45) is 4.76 Å². The molecule has 2 nitrogen and oxygen atoms in total. The minimum absolute atomic E-state index is 0.627. The van der Waals surface area contributed by atoms with Crippen molar-refractivity contribution in [2.75, 3.05) is 6.61 Å². The number of hydrogen-bond donors (Lipinski definition) is 0. The molecule has 0 rings (SSSR count). The molecule has 0 aliphatic rings. The van der Waals surface area contributed by atoms with Crippen LogP contribution in [0.4, 0.5) is 0 Å². The predicted octanol–water partition coefficient (Wildman–Crippen LogP) is 2.84. The summed E-state index contributed by atoms with van der Waals surface area (Å²) >= 11 is 10.2. The fraction of sp³-hybridized carbons (Fsp3) is 0.800. The van der Waals surface area contributed by atoms with Gasteiger partial charge in [0.1, 0.15) is 0 Å². The highest BCUT2D eigenvalue weighted by molar-refractivity contribution is 8.16. The molecule has 10 heavy (non-hydrogen) atoms. The van der Waals surface area contributed by atoms with Crippen LogP contribution >= 0.6 is 17.4 Å². The summed E-state index contributed by atoms with van der Waals surface area (Å²) in [5.41, 5.74) is 0. The SMILES string of the molecule is CCOC(CC)=N[P+](=S)Cl. The summed E-state index contributed by atoms with van der Waals surface area (Å²) in [7, 11) is 0. The second kappa shape index (κ2) is 6.02. The van der Waals surface area contributed by atoms with E-state index in [9.17, 15) is 0 Å². The van der Waals surface area contributed by atoms with Gasteiger partial charge in [-0.1, -0.05) is 6.92 Å². The van der Waals surface area contributed by atoms with Gasteiger partial charge in [-0.05, 0) is 11.7 Å². The molecule has 0 bridgehead atoms. The zero-order valence-corrected chi connectivity index (χ0v) is 8.47. The first-order valence-electron chi connectivity index (χ1n) is 3.04. The Kier molecular flexibility index (Phi) is 6.19. The monoisotopic (exact) mass is 198 g/mol. The lowest BCUT2D eigenvalue weighted by atomic mass is 10.5. The summed E-state index contributed by atoms with van der Waals surface area (Å²) in [5, 5.41) is 0. The van der Waals surface area contributed by atoms with Crippen LogP contribution in [0.5, 0.6) is 0 Å². The Labute approximate surface area is 71.9 Å². The van der Waals surface area contributed by atoms with E-state index < -0.39 is 6.20 Å². The Morgan fingerprint density at radius 2 is 2.30 bits per heavy atom. The number of nitrogens with zero attached hydrogens (tertiary/aromatic N) is 1. The lowest BCUT2D eigenvalue weighted by Gasteiger charge is -1.97. The maximum atomic E-state index is 5.50. The predicted molar refractivity (Wildman–Crippen MR) is 49.5 cm³/mol. The second-order valence-electron chi connectivity index (χ2n) is 1.51. The van der Waals surface area contributed by atoms with Crippen LogP contribution in [0.3, 0.4) is 0 Å². The molecule has 1 unspecified atom stereocenters. The molecule has 5 heteroatoms. The fourth-order valence-electron chi connectivity index (χ4n) is 0.456. The Hall–Kier alpha value is 0.280. The van der Waals surface area contributed by atoms with Crippen LogP contribution in [0.2, 0.25) is 0 Å². The van der Waals surface area contributed by atoms with Crippen molar-refractivity contribution >= 4 is 35.1 Å². The van der Waals surface area contributed by atoms with Gasteiger partial charge >= 0.3 is 6.20 Å². The Bertz CT molecular complexity index is 151. The van der Waals surface area contributed by atoms with Gasteiger partial charge in [0.25, 0.3) is 0 Å². The molecule has 0 spiro atoms. The molecule has 0 heterocycles. The molecular weight excluding hydrogens is 189 g/mol. The molecule has 0 aromatic heterocycles. The summed E-state index contributed by atoms with van der Waals surface area (Å²) in [6.07, 6.45) is -0.379. The quantitative estimate of drug-likeness (QED) is 0.395. The van der Waals surface area contributed by atoms with Crippen LogP contribution in [-0.2, 0) is 16.5 Å². The van der Waals surface area contributed by atoms with E-state index in [1.165, 1.54) is 0 Å². The number of halogens is 1. The molecule has 58 valence electrons. The zero-order valence-electron chi connectivity index (χ0n) is 6.00. The van der Waals surface area contributed by atoms with Crippen molar-refractivity contribution in [3.05, 3.63) is 0 Å². The van der Waals surface area contributed by atoms with E-state index in [2.05, 4.69) is 4.76 Å². The van der Waals surface area contributed by atoms with Gasteiger partial charge in [-0.2, -0.15) is 0 Å². The smallest absolute Gasteiger partial charge is 0.441 e. The number of hydrogen-bond acceptors (Lipinski definition) is 2. The molecule has 0 aromatic rings. The maximum absolute atomic E-state index is 5.50. The van der Waals surface area contributed by atoms with E-state index in [0.29, 0.717) is 12.5 Å². The van der Waals surface area contributed by atoms with Gasteiger partial charge in [-0.25, -0.2) is 0 Å². The van der Waals surface area contributed by atoms with Crippen molar-refractivity contribution in [3.8, 4) is 0 Å². The largest absolute Gasteiger partial charge is 0.478 e.